The van der Waals surface area contributed by atoms with Crippen LogP contribution in [0.15, 0.2) is 39.1 Å². The molecule has 1 N–H and O–H groups in total. The highest BCUT2D eigenvalue weighted by atomic mass is 79.9. The topological polar surface area (TPSA) is 78.3 Å². The smallest absolute Gasteiger partial charge is 0.338 e. The average molecular weight is 495 g/mol. The van der Waals surface area contributed by atoms with Crippen LogP contribution in [0.2, 0.25) is 0 Å². The predicted octanol–water partition coefficient (Wildman–Crippen LogP) is 5.18. The number of thioether (sulfide) groups is 1. The van der Waals surface area contributed by atoms with Gasteiger partial charge in [-0.3, -0.25) is 0 Å². The van der Waals surface area contributed by atoms with Crippen LogP contribution < -0.4 is 10.1 Å². The van der Waals surface area contributed by atoms with E-state index in [2.05, 4.69) is 40.1 Å². The number of rotatable bonds is 9. The first kappa shape index (κ1) is 22.7. The summed E-state index contributed by atoms with van der Waals surface area (Å²) in [4.78, 5) is 17.6. The number of esters is 1. The van der Waals surface area contributed by atoms with Gasteiger partial charge in [-0.05, 0) is 44.9 Å². The summed E-state index contributed by atoms with van der Waals surface area (Å²) in [6.45, 7) is 8.72. The lowest BCUT2D eigenvalue weighted by Crippen LogP contribution is -2.30. The number of benzene rings is 1. The van der Waals surface area contributed by atoms with Gasteiger partial charge in [0.1, 0.15) is 11.8 Å². The number of halogens is 1. The molecule has 2 aromatic rings. The minimum absolute atomic E-state index is 0.293. The molecule has 1 aromatic heterocycles. The highest BCUT2D eigenvalue weighted by Gasteiger charge is 2.37. The summed E-state index contributed by atoms with van der Waals surface area (Å²) < 4.78 is 14.1. The maximum atomic E-state index is 13.0. The molecular weight excluding hydrogens is 468 g/mol. The molecule has 7 nitrogen and oxygen atoms in total. The van der Waals surface area contributed by atoms with Crippen molar-refractivity contribution in [1.82, 2.24) is 14.8 Å². The van der Waals surface area contributed by atoms with Crippen LogP contribution >= 0.6 is 27.7 Å². The number of carbonyl (C=O) groups excluding carboxylic acids is 1. The molecule has 1 aliphatic heterocycles. The molecule has 162 valence electrons. The second kappa shape index (κ2) is 10.3. The molecule has 1 atom stereocenters. The minimum atomic E-state index is -0.506. The molecule has 30 heavy (non-hydrogen) atoms. The maximum Gasteiger partial charge on any atom is 0.338 e. The van der Waals surface area contributed by atoms with Crippen molar-refractivity contribution in [2.75, 3.05) is 24.3 Å². The molecule has 1 aliphatic rings. The summed E-state index contributed by atoms with van der Waals surface area (Å²) in [5, 5.41) is 8.62. The SMILES string of the molecule is CCCOc1ccc(Br)cc1C1C(C(=O)OCC)=C(C)Nc2nc(SCCC)nn21. The number of nitrogens with zero attached hydrogens (tertiary/aromatic N) is 3. The van der Waals surface area contributed by atoms with Crippen LogP contribution in [0.1, 0.15) is 52.1 Å². The van der Waals surface area contributed by atoms with E-state index in [-0.39, 0.29) is 5.97 Å². The number of ether oxygens (including phenoxy) is 2. The van der Waals surface area contributed by atoms with Crippen molar-refractivity contribution < 1.29 is 14.3 Å². The molecule has 0 spiro atoms. The first-order valence-electron chi connectivity index (χ1n) is 10.2. The van der Waals surface area contributed by atoms with E-state index in [0.717, 1.165) is 28.6 Å². The van der Waals surface area contributed by atoms with E-state index in [4.69, 9.17) is 14.6 Å². The third-order valence-corrected chi connectivity index (χ3v) is 6.03. The highest BCUT2D eigenvalue weighted by molar-refractivity contribution is 9.10. The second-order valence-corrected chi connectivity index (χ2v) is 8.81. The number of hydrogen-bond donors (Lipinski definition) is 1. The Labute approximate surface area is 189 Å². The minimum Gasteiger partial charge on any atom is -0.493 e. The van der Waals surface area contributed by atoms with Crippen molar-refractivity contribution in [2.24, 2.45) is 0 Å². The Hall–Kier alpha value is -2.00. The van der Waals surface area contributed by atoms with Crippen molar-refractivity contribution in [1.29, 1.82) is 0 Å². The monoisotopic (exact) mass is 494 g/mol. The number of aromatic nitrogens is 3. The van der Waals surface area contributed by atoms with E-state index < -0.39 is 6.04 Å². The van der Waals surface area contributed by atoms with Gasteiger partial charge in [0.15, 0.2) is 0 Å². The predicted molar refractivity (Wildman–Crippen MR) is 122 cm³/mol. The molecule has 0 aliphatic carbocycles. The van der Waals surface area contributed by atoms with Crippen LogP contribution in [0.4, 0.5) is 5.95 Å². The zero-order valence-corrected chi connectivity index (χ0v) is 20.1. The molecule has 0 amide bonds. The van der Waals surface area contributed by atoms with Gasteiger partial charge >= 0.3 is 5.97 Å². The molecule has 0 radical (unpaired) electrons. The zero-order valence-electron chi connectivity index (χ0n) is 17.7. The van der Waals surface area contributed by atoms with Crippen molar-refractivity contribution in [2.45, 2.75) is 51.7 Å². The lowest BCUT2D eigenvalue weighted by Gasteiger charge is -2.29. The van der Waals surface area contributed by atoms with Gasteiger partial charge in [-0.1, -0.05) is 41.5 Å². The van der Waals surface area contributed by atoms with Crippen molar-refractivity contribution in [3.8, 4) is 5.75 Å². The Morgan fingerprint density at radius 2 is 2.10 bits per heavy atom. The van der Waals surface area contributed by atoms with E-state index >= 15 is 0 Å². The molecule has 1 aromatic carbocycles. The van der Waals surface area contributed by atoms with Crippen molar-refractivity contribution in [3.05, 3.63) is 39.5 Å². The molecule has 0 bridgehead atoms. The number of hydrogen-bond acceptors (Lipinski definition) is 7. The Morgan fingerprint density at radius 1 is 1.30 bits per heavy atom. The maximum absolute atomic E-state index is 13.0. The lowest BCUT2D eigenvalue weighted by atomic mass is 9.95. The standard InChI is InChI=1S/C21H27BrN4O3S/c1-5-10-29-16-9-8-14(22)12-15(16)18-17(19(27)28-7-3)13(4)23-20-24-21(25-26(18)20)30-11-6-2/h8-9,12,18H,5-7,10-11H2,1-4H3,(H,23,24,25). The van der Waals surface area contributed by atoms with E-state index in [9.17, 15) is 4.79 Å². The van der Waals surface area contributed by atoms with Crippen LogP contribution in [0, 0.1) is 0 Å². The first-order valence-corrected chi connectivity index (χ1v) is 11.9. The lowest BCUT2D eigenvalue weighted by molar-refractivity contribution is -0.139. The van der Waals surface area contributed by atoms with Gasteiger partial charge in [0.2, 0.25) is 11.1 Å². The Bertz CT molecular complexity index is 944. The van der Waals surface area contributed by atoms with Crippen LogP contribution in [0.3, 0.4) is 0 Å². The Balaban J connectivity index is 2.16. The fourth-order valence-corrected chi connectivity index (χ4v) is 4.29. The number of fused-ring (bicyclic) bond motifs is 1. The molecule has 2 heterocycles. The van der Waals surface area contributed by atoms with Gasteiger partial charge in [0, 0.05) is 21.5 Å². The van der Waals surface area contributed by atoms with E-state index in [1.54, 1.807) is 23.4 Å². The van der Waals surface area contributed by atoms with Crippen LogP contribution in [-0.2, 0) is 9.53 Å². The molecule has 0 saturated heterocycles. The first-order chi connectivity index (χ1) is 14.5. The Kier molecular flexibility index (Phi) is 7.82. The molecule has 9 heteroatoms. The van der Waals surface area contributed by atoms with Gasteiger partial charge in [0.25, 0.3) is 0 Å². The fraction of sp³-hybridized carbons (Fsp3) is 0.476. The number of nitrogens with one attached hydrogen (secondary N) is 1. The normalized spacial score (nSPS) is 15.6. The summed E-state index contributed by atoms with van der Waals surface area (Å²) >= 11 is 5.16. The second-order valence-electron chi connectivity index (χ2n) is 6.83. The zero-order chi connectivity index (χ0) is 21.7. The number of anilines is 1. The summed E-state index contributed by atoms with van der Waals surface area (Å²) in [6.07, 6.45) is 1.91. The van der Waals surface area contributed by atoms with Crippen LogP contribution in [0.5, 0.6) is 5.75 Å². The van der Waals surface area contributed by atoms with Crippen LogP contribution in [0.25, 0.3) is 0 Å². The van der Waals surface area contributed by atoms with Gasteiger partial charge in [0.05, 0.1) is 18.8 Å². The van der Waals surface area contributed by atoms with Crippen molar-refractivity contribution >= 4 is 39.6 Å². The number of allylic oxidation sites excluding steroid dienone is 1. The van der Waals surface area contributed by atoms with E-state index in [1.807, 2.05) is 25.1 Å². The highest BCUT2D eigenvalue weighted by Crippen LogP contribution is 2.41. The van der Waals surface area contributed by atoms with Gasteiger partial charge in [-0.25, -0.2) is 9.48 Å². The molecule has 3 rings (SSSR count). The largest absolute Gasteiger partial charge is 0.493 e. The van der Waals surface area contributed by atoms with E-state index in [1.165, 1.54) is 0 Å². The quantitative estimate of drug-likeness (QED) is 0.379. The summed E-state index contributed by atoms with van der Waals surface area (Å²) in [7, 11) is 0. The van der Waals surface area contributed by atoms with Gasteiger partial charge < -0.3 is 14.8 Å². The molecule has 1 unspecified atom stereocenters. The van der Waals surface area contributed by atoms with Crippen LogP contribution in [-0.4, -0.2) is 39.7 Å². The summed E-state index contributed by atoms with van der Waals surface area (Å²) in [5.41, 5.74) is 2.03. The average Bonchev–Trinajstić information content (AvgIpc) is 3.12. The summed E-state index contributed by atoms with van der Waals surface area (Å²) in [5.74, 6) is 1.86. The summed E-state index contributed by atoms with van der Waals surface area (Å²) in [6, 6.07) is 5.31. The van der Waals surface area contributed by atoms with Crippen molar-refractivity contribution in [3.63, 3.8) is 0 Å². The third-order valence-electron chi connectivity index (χ3n) is 4.49. The molecular formula is C21H27BrN4O3S. The third kappa shape index (κ3) is 4.83. The number of carbonyl (C=O) groups is 1. The molecule has 0 fully saturated rings. The fourth-order valence-electron chi connectivity index (χ4n) is 3.22. The molecule has 0 saturated carbocycles. The van der Waals surface area contributed by atoms with Gasteiger partial charge in [-0.15, -0.1) is 5.10 Å². The van der Waals surface area contributed by atoms with E-state index in [0.29, 0.717) is 41.3 Å². The Morgan fingerprint density at radius 3 is 2.80 bits per heavy atom. The van der Waals surface area contributed by atoms with Gasteiger partial charge in [-0.2, -0.15) is 4.98 Å².